The molecule has 0 N–H and O–H groups in total. The molecule has 1 aromatic carbocycles. The molecule has 29 heavy (non-hydrogen) atoms. The van der Waals surface area contributed by atoms with Crippen molar-refractivity contribution >= 4 is 22.6 Å². The number of hydrogen-bond acceptors (Lipinski definition) is 7. The van der Waals surface area contributed by atoms with Crippen LogP contribution < -0.4 is 9.64 Å². The molecule has 1 aliphatic rings. The minimum Gasteiger partial charge on any atom is -0.497 e. The molecule has 1 aromatic heterocycles. The lowest BCUT2D eigenvalue weighted by Gasteiger charge is -2.28. The molecule has 158 valence electrons. The second kappa shape index (κ2) is 11.1. The van der Waals surface area contributed by atoms with Gasteiger partial charge in [-0.25, -0.2) is 4.98 Å². The molecule has 0 radical (unpaired) electrons. The van der Waals surface area contributed by atoms with Crippen molar-refractivity contribution in [1.82, 2.24) is 14.3 Å². The van der Waals surface area contributed by atoms with E-state index in [2.05, 4.69) is 22.3 Å². The van der Waals surface area contributed by atoms with Crippen molar-refractivity contribution in [3.63, 3.8) is 0 Å². The van der Waals surface area contributed by atoms with Crippen molar-refractivity contribution in [2.45, 2.75) is 32.6 Å². The van der Waals surface area contributed by atoms with E-state index in [1.165, 1.54) is 11.5 Å². The van der Waals surface area contributed by atoms with E-state index in [0.717, 1.165) is 41.7 Å². The van der Waals surface area contributed by atoms with Gasteiger partial charge in [0, 0.05) is 50.6 Å². The predicted molar refractivity (Wildman–Crippen MR) is 115 cm³/mol. The molecule has 1 saturated heterocycles. The van der Waals surface area contributed by atoms with Gasteiger partial charge in [0.15, 0.2) is 0 Å². The van der Waals surface area contributed by atoms with E-state index < -0.39 is 0 Å². The highest BCUT2D eigenvalue weighted by molar-refractivity contribution is 7.09. The van der Waals surface area contributed by atoms with Gasteiger partial charge in [0.25, 0.3) is 0 Å². The third kappa shape index (κ3) is 6.40. The number of anilines is 1. The fourth-order valence-corrected chi connectivity index (χ4v) is 4.00. The molecular weight excluding hydrogens is 388 g/mol. The summed E-state index contributed by atoms with van der Waals surface area (Å²) in [6.45, 7) is 6.38. The van der Waals surface area contributed by atoms with E-state index in [1.807, 2.05) is 23.1 Å². The van der Waals surface area contributed by atoms with Crippen LogP contribution in [-0.2, 0) is 16.0 Å². The molecule has 1 amide bonds. The average molecular weight is 419 g/mol. The first-order valence-corrected chi connectivity index (χ1v) is 11.0. The van der Waals surface area contributed by atoms with Gasteiger partial charge in [-0.1, -0.05) is 25.5 Å². The zero-order chi connectivity index (χ0) is 20.5. The molecule has 2 heterocycles. The summed E-state index contributed by atoms with van der Waals surface area (Å²) in [7, 11) is 1.67. The van der Waals surface area contributed by atoms with Gasteiger partial charge in [0.2, 0.25) is 11.0 Å². The highest BCUT2D eigenvalue weighted by atomic mass is 32.1. The van der Waals surface area contributed by atoms with Gasteiger partial charge in [-0.15, -0.1) is 0 Å². The highest BCUT2D eigenvalue weighted by Gasteiger charge is 2.19. The lowest BCUT2D eigenvalue weighted by atomic mass is 10.1. The zero-order valence-corrected chi connectivity index (χ0v) is 18.1. The summed E-state index contributed by atoms with van der Waals surface area (Å²) in [5, 5.41) is 0.895. The number of nitrogens with zero attached hydrogens (tertiary/aromatic N) is 4. The van der Waals surface area contributed by atoms with Crippen LogP contribution in [0.1, 0.15) is 37.6 Å². The number of amides is 1. The number of ether oxygens (including phenoxy) is 2. The van der Waals surface area contributed by atoms with Crippen LogP contribution in [0.3, 0.4) is 0 Å². The molecule has 0 spiro atoms. The fourth-order valence-electron chi connectivity index (χ4n) is 3.26. The molecule has 0 aliphatic carbocycles. The average Bonchev–Trinajstić information content (AvgIpc) is 3.22. The number of rotatable bonds is 10. The molecule has 1 aliphatic heterocycles. The Morgan fingerprint density at radius 1 is 1.31 bits per heavy atom. The van der Waals surface area contributed by atoms with E-state index in [9.17, 15) is 4.79 Å². The van der Waals surface area contributed by atoms with Crippen LogP contribution in [0.2, 0.25) is 0 Å². The second-order valence-electron chi connectivity index (χ2n) is 7.11. The maximum absolute atomic E-state index is 12.5. The molecule has 8 heteroatoms. The Balaban J connectivity index is 1.61. The monoisotopic (exact) mass is 418 g/mol. The number of aromatic nitrogens is 2. The van der Waals surface area contributed by atoms with Crippen LogP contribution in [0, 0.1) is 0 Å². The Morgan fingerprint density at radius 3 is 2.90 bits per heavy atom. The quantitative estimate of drug-likeness (QED) is 0.591. The van der Waals surface area contributed by atoms with Crippen LogP contribution in [0.25, 0.3) is 0 Å². The Hall–Kier alpha value is -2.19. The highest BCUT2D eigenvalue weighted by Crippen LogP contribution is 2.21. The summed E-state index contributed by atoms with van der Waals surface area (Å²) in [5.41, 5.74) is 1.12. The van der Waals surface area contributed by atoms with Gasteiger partial charge in [0.1, 0.15) is 11.6 Å². The smallest absolute Gasteiger partial charge is 0.224 e. The van der Waals surface area contributed by atoms with Crippen molar-refractivity contribution < 1.29 is 14.3 Å². The minimum atomic E-state index is 0.191. The van der Waals surface area contributed by atoms with Crippen LogP contribution >= 0.6 is 11.5 Å². The summed E-state index contributed by atoms with van der Waals surface area (Å²) in [6.07, 6.45) is 3.33. The molecular formula is C21H30N4O3S. The normalized spacial score (nSPS) is 14.1. The SMILES string of the molecule is CCCCN(CCC(=O)N1CCOCC1)c1nc(Cc2cccc(OC)c2)ns1. The van der Waals surface area contributed by atoms with Gasteiger partial charge in [-0.05, 0) is 24.1 Å². The van der Waals surface area contributed by atoms with Crippen LogP contribution in [0.4, 0.5) is 5.13 Å². The summed E-state index contributed by atoms with van der Waals surface area (Å²) in [5.74, 6) is 1.83. The standard InChI is InChI=1S/C21H30N4O3S/c1-3-4-9-25(10-8-20(26)24-11-13-28-14-12-24)21-22-19(23-29-21)16-17-6-5-7-18(15-17)27-2/h5-7,15H,3-4,8-14,16H2,1-2H3. The number of benzene rings is 1. The summed E-state index contributed by atoms with van der Waals surface area (Å²) < 4.78 is 15.2. The second-order valence-corrected chi connectivity index (χ2v) is 7.84. The van der Waals surface area contributed by atoms with Crippen LogP contribution in [-0.4, -0.2) is 66.7 Å². The summed E-state index contributed by atoms with van der Waals surface area (Å²) in [4.78, 5) is 21.4. The molecule has 0 unspecified atom stereocenters. The number of carbonyl (C=O) groups is 1. The van der Waals surface area contributed by atoms with E-state index in [0.29, 0.717) is 45.7 Å². The van der Waals surface area contributed by atoms with Crippen molar-refractivity contribution in [3.05, 3.63) is 35.7 Å². The van der Waals surface area contributed by atoms with E-state index in [1.54, 1.807) is 7.11 Å². The Labute approximate surface area is 176 Å². The molecule has 3 rings (SSSR count). The maximum atomic E-state index is 12.5. The first kappa shape index (κ1) is 21.5. The van der Waals surface area contributed by atoms with Crippen molar-refractivity contribution in [2.75, 3.05) is 51.4 Å². The van der Waals surface area contributed by atoms with E-state index in [4.69, 9.17) is 14.5 Å². The molecule has 1 fully saturated rings. The van der Waals surface area contributed by atoms with Gasteiger partial charge in [0.05, 0.1) is 20.3 Å². The largest absolute Gasteiger partial charge is 0.497 e. The molecule has 0 atom stereocenters. The van der Waals surface area contributed by atoms with Gasteiger partial charge < -0.3 is 19.3 Å². The number of carbonyl (C=O) groups excluding carboxylic acids is 1. The minimum absolute atomic E-state index is 0.191. The van der Waals surface area contributed by atoms with Crippen molar-refractivity contribution in [1.29, 1.82) is 0 Å². The number of hydrogen-bond donors (Lipinski definition) is 0. The first-order valence-electron chi connectivity index (χ1n) is 10.3. The number of methoxy groups -OCH3 is 1. The lowest BCUT2D eigenvalue weighted by molar-refractivity contribution is -0.135. The third-order valence-corrected chi connectivity index (χ3v) is 5.78. The predicted octanol–water partition coefficient (Wildman–Crippen LogP) is 2.99. The van der Waals surface area contributed by atoms with Crippen molar-refractivity contribution in [2.24, 2.45) is 0 Å². The first-order chi connectivity index (χ1) is 14.2. The lowest BCUT2D eigenvalue weighted by Crippen LogP contribution is -2.42. The molecule has 0 saturated carbocycles. The maximum Gasteiger partial charge on any atom is 0.224 e. The third-order valence-electron chi connectivity index (χ3n) is 4.97. The van der Waals surface area contributed by atoms with Crippen LogP contribution in [0.5, 0.6) is 5.75 Å². The summed E-state index contributed by atoms with van der Waals surface area (Å²) >= 11 is 1.41. The fraction of sp³-hybridized carbons (Fsp3) is 0.571. The van der Waals surface area contributed by atoms with Gasteiger partial charge >= 0.3 is 0 Å². The summed E-state index contributed by atoms with van der Waals surface area (Å²) in [6, 6.07) is 7.98. The number of morpholine rings is 1. The molecule has 2 aromatic rings. The Bertz CT molecular complexity index is 777. The van der Waals surface area contributed by atoms with Crippen molar-refractivity contribution in [3.8, 4) is 5.75 Å². The van der Waals surface area contributed by atoms with Gasteiger partial charge in [-0.3, -0.25) is 4.79 Å². The van der Waals surface area contributed by atoms with Gasteiger partial charge in [-0.2, -0.15) is 4.37 Å². The Morgan fingerprint density at radius 2 is 2.14 bits per heavy atom. The zero-order valence-electron chi connectivity index (χ0n) is 17.3. The molecule has 0 bridgehead atoms. The van der Waals surface area contributed by atoms with E-state index >= 15 is 0 Å². The van der Waals surface area contributed by atoms with E-state index in [-0.39, 0.29) is 5.91 Å². The Kier molecular flexibility index (Phi) is 8.25. The van der Waals surface area contributed by atoms with Crippen LogP contribution in [0.15, 0.2) is 24.3 Å². The molecule has 7 nitrogen and oxygen atoms in total. The topological polar surface area (TPSA) is 67.8 Å². The number of unbranched alkanes of at least 4 members (excludes halogenated alkanes) is 1.